The number of anilines is 1. The van der Waals surface area contributed by atoms with Crippen LogP contribution in [0.3, 0.4) is 0 Å². The molecule has 0 radical (unpaired) electrons. The summed E-state index contributed by atoms with van der Waals surface area (Å²) in [6.07, 6.45) is 5.18. The molecule has 3 heterocycles. The van der Waals surface area contributed by atoms with Crippen LogP contribution < -0.4 is 10.5 Å². The second-order valence-corrected chi connectivity index (χ2v) is 6.62. The third kappa shape index (κ3) is 3.50. The summed E-state index contributed by atoms with van der Waals surface area (Å²) in [6, 6.07) is 7.51. The number of hydrogen-bond donors (Lipinski definition) is 1. The smallest absolute Gasteiger partial charge is 0.252 e. The van der Waals surface area contributed by atoms with Gasteiger partial charge in [0.15, 0.2) is 0 Å². The van der Waals surface area contributed by atoms with Gasteiger partial charge in [-0.3, -0.25) is 14.7 Å². The molecule has 0 amide bonds. The second kappa shape index (κ2) is 6.82. The summed E-state index contributed by atoms with van der Waals surface area (Å²) in [6.45, 7) is 4.16. The normalized spacial score (nSPS) is 15.6. The van der Waals surface area contributed by atoms with E-state index in [1.807, 2.05) is 18.2 Å². The van der Waals surface area contributed by atoms with Crippen LogP contribution in [0.15, 0.2) is 47.7 Å². The minimum atomic E-state index is -0.0499. The van der Waals surface area contributed by atoms with Crippen LogP contribution in [0.25, 0.3) is 10.9 Å². The van der Waals surface area contributed by atoms with Crippen LogP contribution in [0.1, 0.15) is 5.56 Å². The average molecular weight is 356 g/mol. The second-order valence-electron chi connectivity index (χ2n) is 6.18. The van der Waals surface area contributed by atoms with Crippen LogP contribution in [0, 0.1) is 0 Å². The molecular weight excluding hydrogens is 338 g/mol. The molecule has 6 nitrogen and oxygen atoms in total. The van der Waals surface area contributed by atoms with Crippen molar-refractivity contribution in [3.8, 4) is 0 Å². The number of H-pyrrole nitrogens is 1. The van der Waals surface area contributed by atoms with E-state index < -0.39 is 0 Å². The van der Waals surface area contributed by atoms with Gasteiger partial charge in [-0.15, -0.1) is 0 Å². The Hall–Kier alpha value is -2.44. The van der Waals surface area contributed by atoms with Gasteiger partial charge in [-0.05, 0) is 23.6 Å². The Bertz CT molecular complexity index is 935. The van der Waals surface area contributed by atoms with Crippen LogP contribution in [0.4, 0.5) is 5.82 Å². The van der Waals surface area contributed by atoms with Crippen molar-refractivity contribution >= 4 is 28.3 Å². The predicted molar refractivity (Wildman–Crippen MR) is 99.1 cm³/mol. The first-order chi connectivity index (χ1) is 12.2. The van der Waals surface area contributed by atoms with E-state index in [-0.39, 0.29) is 5.56 Å². The molecule has 1 aromatic carbocycles. The lowest BCUT2D eigenvalue weighted by molar-refractivity contribution is 0.248. The van der Waals surface area contributed by atoms with Gasteiger partial charge in [0, 0.05) is 61.2 Å². The van der Waals surface area contributed by atoms with Gasteiger partial charge in [0.25, 0.3) is 5.56 Å². The van der Waals surface area contributed by atoms with Crippen molar-refractivity contribution in [2.45, 2.75) is 6.54 Å². The van der Waals surface area contributed by atoms with Crippen LogP contribution in [0.5, 0.6) is 0 Å². The lowest BCUT2D eigenvalue weighted by Crippen LogP contribution is -2.46. The summed E-state index contributed by atoms with van der Waals surface area (Å²) >= 11 is 5.99. The van der Waals surface area contributed by atoms with Gasteiger partial charge in [-0.25, -0.2) is 4.98 Å². The van der Waals surface area contributed by atoms with Crippen LogP contribution in [-0.2, 0) is 6.54 Å². The lowest BCUT2D eigenvalue weighted by atomic mass is 10.1. The average Bonchev–Trinajstić information content (AvgIpc) is 2.64. The van der Waals surface area contributed by atoms with Gasteiger partial charge in [0.1, 0.15) is 5.82 Å². The van der Waals surface area contributed by atoms with Crippen molar-refractivity contribution in [2.75, 3.05) is 31.1 Å². The van der Waals surface area contributed by atoms with Crippen molar-refractivity contribution in [1.29, 1.82) is 0 Å². The molecule has 1 aliphatic heterocycles. The first-order valence-corrected chi connectivity index (χ1v) is 8.61. The van der Waals surface area contributed by atoms with Crippen molar-refractivity contribution in [3.05, 3.63) is 63.8 Å². The highest BCUT2D eigenvalue weighted by Crippen LogP contribution is 2.18. The number of fused-ring (bicyclic) bond motifs is 1. The number of benzene rings is 1. The molecule has 25 heavy (non-hydrogen) atoms. The highest BCUT2D eigenvalue weighted by Gasteiger charge is 2.19. The lowest BCUT2D eigenvalue weighted by Gasteiger charge is -2.35. The van der Waals surface area contributed by atoms with E-state index in [0.717, 1.165) is 48.5 Å². The molecule has 0 saturated carbocycles. The topological polar surface area (TPSA) is 65.1 Å². The fraction of sp³-hybridized carbons (Fsp3) is 0.278. The number of pyridine rings is 1. The van der Waals surface area contributed by atoms with Crippen LogP contribution >= 0.6 is 11.6 Å². The molecule has 0 aliphatic carbocycles. The fourth-order valence-electron chi connectivity index (χ4n) is 3.17. The van der Waals surface area contributed by atoms with Gasteiger partial charge < -0.3 is 9.88 Å². The summed E-state index contributed by atoms with van der Waals surface area (Å²) in [4.78, 5) is 28.3. The third-order valence-corrected chi connectivity index (χ3v) is 4.76. The van der Waals surface area contributed by atoms with Gasteiger partial charge in [0.2, 0.25) is 0 Å². The Morgan fingerprint density at radius 2 is 1.96 bits per heavy atom. The minimum Gasteiger partial charge on any atom is -0.353 e. The van der Waals surface area contributed by atoms with E-state index in [2.05, 4.69) is 24.8 Å². The number of rotatable bonds is 3. The maximum absolute atomic E-state index is 12.3. The number of aromatic amines is 1. The van der Waals surface area contributed by atoms with E-state index in [4.69, 9.17) is 11.6 Å². The van der Waals surface area contributed by atoms with Gasteiger partial charge in [-0.2, -0.15) is 0 Å². The third-order valence-electron chi connectivity index (χ3n) is 4.52. The number of halogens is 1. The summed E-state index contributed by atoms with van der Waals surface area (Å²) in [5, 5.41) is 1.62. The van der Waals surface area contributed by atoms with Gasteiger partial charge >= 0.3 is 0 Å². The van der Waals surface area contributed by atoms with E-state index >= 15 is 0 Å². The van der Waals surface area contributed by atoms with Crippen molar-refractivity contribution in [1.82, 2.24) is 19.9 Å². The Labute approximate surface area is 150 Å². The van der Waals surface area contributed by atoms with Gasteiger partial charge in [-0.1, -0.05) is 17.7 Å². The molecule has 2 aromatic heterocycles. The molecule has 1 N–H and O–H groups in total. The molecule has 7 heteroatoms. The maximum Gasteiger partial charge on any atom is 0.252 e. The minimum absolute atomic E-state index is 0.0499. The fourth-order valence-corrected chi connectivity index (χ4v) is 3.34. The molecule has 0 atom stereocenters. The Balaban J connectivity index is 1.46. The van der Waals surface area contributed by atoms with Crippen LogP contribution in [0.2, 0.25) is 5.02 Å². The van der Waals surface area contributed by atoms with Crippen LogP contribution in [-0.4, -0.2) is 46.0 Å². The van der Waals surface area contributed by atoms with Crippen molar-refractivity contribution in [2.24, 2.45) is 0 Å². The zero-order valence-electron chi connectivity index (χ0n) is 13.7. The Kier molecular flexibility index (Phi) is 4.38. The molecule has 0 unspecified atom stereocenters. The standard InChI is InChI=1S/C18H18ClN5O/c19-15-2-1-13-9-14(18(25)22-16(13)10-15)12-23-5-7-24(8-6-23)17-11-20-3-4-21-17/h1-4,9-11H,5-8,12H2,(H,22,25). The van der Waals surface area contributed by atoms with E-state index in [1.54, 1.807) is 24.7 Å². The first-order valence-electron chi connectivity index (χ1n) is 8.24. The summed E-state index contributed by atoms with van der Waals surface area (Å²) in [5.74, 6) is 0.905. The summed E-state index contributed by atoms with van der Waals surface area (Å²) in [7, 11) is 0. The molecule has 0 spiro atoms. The first kappa shape index (κ1) is 16.1. The highest BCUT2D eigenvalue weighted by molar-refractivity contribution is 6.31. The molecular formula is C18H18ClN5O. The molecule has 3 aromatic rings. The molecule has 1 fully saturated rings. The monoisotopic (exact) mass is 355 g/mol. The number of aromatic nitrogens is 3. The molecule has 1 aliphatic rings. The zero-order chi connectivity index (χ0) is 17.2. The molecule has 0 bridgehead atoms. The van der Waals surface area contributed by atoms with E-state index in [0.29, 0.717) is 11.6 Å². The zero-order valence-corrected chi connectivity index (χ0v) is 14.4. The van der Waals surface area contributed by atoms with Crippen molar-refractivity contribution in [3.63, 3.8) is 0 Å². The number of nitrogens with zero attached hydrogens (tertiary/aromatic N) is 4. The predicted octanol–water partition coefficient (Wildman–Crippen LogP) is 2.29. The largest absolute Gasteiger partial charge is 0.353 e. The maximum atomic E-state index is 12.3. The van der Waals surface area contributed by atoms with E-state index in [9.17, 15) is 4.79 Å². The number of piperazine rings is 1. The summed E-state index contributed by atoms with van der Waals surface area (Å²) in [5.41, 5.74) is 1.50. The molecule has 128 valence electrons. The number of nitrogens with one attached hydrogen (secondary N) is 1. The summed E-state index contributed by atoms with van der Waals surface area (Å²) < 4.78 is 0. The molecule has 4 rings (SSSR count). The van der Waals surface area contributed by atoms with Crippen molar-refractivity contribution < 1.29 is 0 Å². The molecule has 1 saturated heterocycles. The SMILES string of the molecule is O=c1[nH]c2cc(Cl)ccc2cc1CN1CCN(c2cnccn2)CC1. The highest BCUT2D eigenvalue weighted by atomic mass is 35.5. The Morgan fingerprint density at radius 3 is 2.72 bits per heavy atom. The Morgan fingerprint density at radius 1 is 1.12 bits per heavy atom. The number of hydrogen-bond acceptors (Lipinski definition) is 5. The van der Waals surface area contributed by atoms with Gasteiger partial charge in [0.05, 0.1) is 6.20 Å². The van der Waals surface area contributed by atoms with E-state index in [1.165, 1.54) is 0 Å². The quantitative estimate of drug-likeness (QED) is 0.781.